The first-order valence-corrected chi connectivity index (χ1v) is 6.32. The van der Waals surface area contributed by atoms with E-state index in [9.17, 15) is 13.2 Å². The van der Waals surface area contributed by atoms with Gasteiger partial charge in [-0.1, -0.05) is 19.3 Å². The molecule has 1 aliphatic carbocycles. The van der Waals surface area contributed by atoms with E-state index in [1.54, 1.807) is 0 Å². The molecule has 0 unspecified atom stereocenters. The van der Waals surface area contributed by atoms with E-state index in [0.29, 0.717) is 11.6 Å². The number of rotatable bonds is 3. The Bertz CT molecular complexity index is 384. The summed E-state index contributed by atoms with van der Waals surface area (Å²) in [5.41, 5.74) is -0.244. The molecule has 0 spiro atoms. The molecule has 1 N–H and O–H groups in total. The lowest BCUT2D eigenvalue weighted by atomic mass is 9.89. The van der Waals surface area contributed by atoms with Gasteiger partial charge in [-0.2, -0.15) is 13.2 Å². The van der Waals surface area contributed by atoms with Crippen LogP contribution in [0.5, 0.6) is 0 Å². The zero-order valence-corrected chi connectivity index (χ0v) is 10.1. The van der Waals surface area contributed by atoms with Crippen LogP contribution in [0.2, 0.25) is 0 Å². The molecule has 1 aliphatic rings. The van der Waals surface area contributed by atoms with Crippen molar-refractivity contribution in [3.63, 3.8) is 0 Å². The van der Waals surface area contributed by atoms with Gasteiger partial charge in [-0.05, 0) is 24.8 Å². The Morgan fingerprint density at radius 1 is 1.17 bits per heavy atom. The normalized spacial score (nSPS) is 17.7. The molecule has 0 bridgehead atoms. The zero-order chi connectivity index (χ0) is 13.0. The van der Waals surface area contributed by atoms with Crippen molar-refractivity contribution in [2.75, 3.05) is 11.9 Å². The molecule has 0 aromatic carbocycles. The molecule has 0 aliphatic heterocycles. The predicted molar refractivity (Wildman–Crippen MR) is 64.3 cm³/mol. The Hall–Kier alpha value is -1.26. The van der Waals surface area contributed by atoms with Crippen LogP contribution in [0.1, 0.15) is 37.7 Å². The van der Waals surface area contributed by atoms with E-state index in [1.165, 1.54) is 38.3 Å². The highest BCUT2D eigenvalue weighted by atomic mass is 19.4. The Morgan fingerprint density at radius 3 is 2.56 bits per heavy atom. The van der Waals surface area contributed by atoms with Crippen LogP contribution in [-0.4, -0.2) is 11.5 Å². The van der Waals surface area contributed by atoms with Crippen LogP contribution in [0.4, 0.5) is 18.9 Å². The van der Waals surface area contributed by atoms with Crippen LogP contribution in [0.3, 0.4) is 0 Å². The Labute approximate surface area is 105 Å². The van der Waals surface area contributed by atoms with Crippen LogP contribution in [0.15, 0.2) is 18.5 Å². The molecule has 0 amide bonds. The fraction of sp³-hybridized carbons (Fsp3) is 0.615. The summed E-state index contributed by atoms with van der Waals surface area (Å²) in [5, 5.41) is 3.06. The van der Waals surface area contributed by atoms with Gasteiger partial charge in [0.1, 0.15) is 0 Å². The molecular weight excluding hydrogens is 241 g/mol. The van der Waals surface area contributed by atoms with E-state index in [2.05, 4.69) is 10.3 Å². The first-order chi connectivity index (χ1) is 8.55. The van der Waals surface area contributed by atoms with Crippen molar-refractivity contribution in [1.29, 1.82) is 0 Å². The zero-order valence-electron chi connectivity index (χ0n) is 10.1. The Morgan fingerprint density at radius 2 is 1.89 bits per heavy atom. The molecule has 0 radical (unpaired) electrons. The summed E-state index contributed by atoms with van der Waals surface area (Å²) in [6, 6.07) is 1.12. The number of hydrogen-bond acceptors (Lipinski definition) is 2. The van der Waals surface area contributed by atoms with Gasteiger partial charge in [0.05, 0.1) is 11.3 Å². The number of hydrogen-bond donors (Lipinski definition) is 1. The average molecular weight is 258 g/mol. The van der Waals surface area contributed by atoms with Crippen LogP contribution in [0.25, 0.3) is 0 Å². The van der Waals surface area contributed by atoms with Gasteiger partial charge >= 0.3 is 6.18 Å². The van der Waals surface area contributed by atoms with Gasteiger partial charge in [-0.3, -0.25) is 4.98 Å². The molecular formula is C13H17F3N2. The summed E-state index contributed by atoms with van der Waals surface area (Å²) in [6.45, 7) is 0.739. The fourth-order valence-corrected chi connectivity index (χ4v) is 2.35. The quantitative estimate of drug-likeness (QED) is 0.883. The Kier molecular flexibility index (Phi) is 4.09. The number of nitrogens with zero attached hydrogens (tertiary/aromatic N) is 1. The smallest absolute Gasteiger partial charge is 0.384 e. The molecule has 1 aromatic rings. The number of aromatic nitrogens is 1. The summed E-state index contributed by atoms with van der Waals surface area (Å²) in [6.07, 6.45) is 4.04. The number of nitrogens with one attached hydrogen (secondary N) is 1. The summed E-state index contributed by atoms with van der Waals surface area (Å²) < 4.78 is 37.5. The van der Waals surface area contributed by atoms with E-state index in [0.717, 1.165) is 18.8 Å². The lowest BCUT2D eigenvalue weighted by Crippen LogP contribution is -2.17. The van der Waals surface area contributed by atoms with Gasteiger partial charge in [0.25, 0.3) is 0 Å². The van der Waals surface area contributed by atoms with E-state index in [-0.39, 0.29) is 0 Å². The third-order valence-electron chi connectivity index (χ3n) is 3.39. The lowest BCUT2D eigenvalue weighted by molar-refractivity contribution is -0.137. The minimum atomic E-state index is -4.32. The standard InChI is InChI=1S/C13H17F3N2/c14-13(15,16)11-6-12(9-17-8-11)18-7-10-4-2-1-3-5-10/h6,8-10,18H,1-5,7H2. The third-order valence-corrected chi connectivity index (χ3v) is 3.39. The van der Waals surface area contributed by atoms with Crippen molar-refractivity contribution in [2.45, 2.75) is 38.3 Å². The number of pyridine rings is 1. The molecule has 2 rings (SSSR count). The summed E-state index contributed by atoms with van der Waals surface area (Å²) in [5.74, 6) is 0.577. The summed E-state index contributed by atoms with van der Waals surface area (Å²) in [7, 11) is 0. The minimum absolute atomic E-state index is 0.454. The molecule has 1 saturated carbocycles. The molecule has 5 heteroatoms. The second-order valence-electron chi connectivity index (χ2n) is 4.84. The highest BCUT2D eigenvalue weighted by Crippen LogP contribution is 2.30. The van der Waals surface area contributed by atoms with Crippen molar-refractivity contribution in [3.8, 4) is 0 Å². The van der Waals surface area contributed by atoms with Gasteiger partial charge < -0.3 is 5.32 Å². The van der Waals surface area contributed by atoms with Crippen molar-refractivity contribution < 1.29 is 13.2 Å². The van der Waals surface area contributed by atoms with Gasteiger partial charge in [0, 0.05) is 18.9 Å². The van der Waals surface area contributed by atoms with Gasteiger partial charge in [0.2, 0.25) is 0 Å². The maximum absolute atomic E-state index is 12.5. The highest BCUT2D eigenvalue weighted by molar-refractivity contribution is 5.43. The van der Waals surface area contributed by atoms with Gasteiger partial charge in [-0.25, -0.2) is 0 Å². The first kappa shape index (κ1) is 13.2. The first-order valence-electron chi connectivity index (χ1n) is 6.32. The summed E-state index contributed by atoms with van der Waals surface area (Å²) in [4.78, 5) is 3.63. The van der Waals surface area contributed by atoms with Crippen molar-refractivity contribution >= 4 is 5.69 Å². The van der Waals surface area contributed by atoms with Gasteiger partial charge in [-0.15, -0.1) is 0 Å². The van der Waals surface area contributed by atoms with Crippen LogP contribution < -0.4 is 5.32 Å². The van der Waals surface area contributed by atoms with Gasteiger partial charge in [0.15, 0.2) is 0 Å². The molecule has 0 saturated heterocycles. The van der Waals surface area contributed by atoms with Crippen LogP contribution in [-0.2, 0) is 6.18 Å². The number of alkyl halides is 3. The maximum atomic E-state index is 12.5. The Balaban J connectivity index is 1.92. The predicted octanol–water partition coefficient (Wildman–Crippen LogP) is 4.09. The maximum Gasteiger partial charge on any atom is 0.417 e. The summed E-state index contributed by atoms with van der Waals surface area (Å²) >= 11 is 0. The average Bonchev–Trinajstić information content (AvgIpc) is 2.37. The molecule has 100 valence electrons. The van der Waals surface area contributed by atoms with E-state index in [1.807, 2.05) is 0 Å². The molecule has 1 aromatic heterocycles. The largest absolute Gasteiger partial charge is 0.417 e. The SMILES string of the molecule is FC(F)(F)c1cncc(NCC2CCCCC2)c1. The van der Waals surface area contributed by atoms with Crippen molar-refractivity contribution in [2.24, 2.45) is 5.92 Å². The van der Waals surface area contributed by atoms with Crippen molar-refractivity contribution in [1.82, 2.24) is 4.98 Å². The topological polar surface area (TPSA) is 24.9 Å². The number of anilines is 1. The van der Waals surface area contributed by atoms with E-state index in [4.69, 9.17) is 0 Å². The highest BCUT2D eigenvalue weighted by Gasteiger charge is 2.31. The second-order valence-corrected chi connectivity index (χ2v) is 4.84. The fourth-order valence-electron chi connectivity index (χ4n) is 2.35. The lowest BCUT2D eigenvalue weighted by Gasteiger charge is -2.22. The molecule has 1 heterocycles. The van der Waals surface area contributed by atoms with E-state index < -0.39 is 11.7 Å². The third kappa shape index (κ3) is 3.62. The minimum Gasteiger partial charge on any atom is -0.384 e. The van der Waals surface area contributed by atoms with Crippen molar-refractivity contribution in [3.05, 3.63) is 24.0 Å². The number of halogens is 3. The molecule has 2 nitrogen and oxygen atoms in total. The molecule has 18 heavy (non-hydrogen) atoms. The van der Waals surface area contributed by atoms with Crippen LogP contribution >= 0.6 is 0 Å². The molecule has 1 fully saturated rings. The molecule has 0 atom stereocenters. The van der Waals surface area contributed by atoms with Crippen LogP contribution in [0, 0.1) is 5.92 Å². The second kappa shape index (κ2) is 5.59. The van der Waals surface area contributed by atoms with E-state index >= 15 is 0 Å². The monoisotopic (exact) mass is 258 g/mol.